The second kappa shape index (κ2) is 6.24. The lowest BCUT2D eigenvalue weighted by molar-refractivity contribution is -0.142. The summed E-state index contributed by atoms with van der Waals surface area (Å²) in [5, 5.41) is 13.8. The number of hydrogen-bond acceptors (Lipinski definition) is 4. The average molecular weight is 341 g/mol. The molecule has 0 aromatic carbocycles. The Morgan fingerprint density at radius 1 is 1.22 bits per heavy atom. The van der Waals surface area contributed by atoms with Gasteiger partial charge in [-0.3, -0.25) is 9.48 Å². The smallest absolute Gasteiger partial charge is 0.322 e. The van der Waals surface area contributed by atoms with E-state index in [0.717, 1.165) is 36.4 Å². The van der Waals surface area contributed by atoms with Crippen molar-refractivity contribution >= 4 is 16.0 Å². The van der Waals surface area contributed by atoms with Gasteiger partial charge in [-0.05, 0) is 32.1 Å². The van der Waals surface area contributed by atoms with E-state index in [1.807, 2.05) is 0 Å². The van der Waals surface area contributed by atoms with Crippen molar-refractivity contribution in [3.63, 3.8) is 0 Å². The molecule has 3 rings (SSSR count). The van der Waals surface area contributed by atoms with Crippen LogP contribution in [0.15, 0.2) is 11.1 Å². The number of piperidine rings is 1. The van der Waals surface area contributed by atoms with Crippen LogP contribution in [0.2, 0.25) is 0 Å². The van der Waals surface area contributed by atoms with Gasteiger partial charge in [0, 0.05) is 25.7 Å². The lowest BCUT2D eigenvalue weighted by Gasteiger charge is -2.31. The molecular weight excluding hydrogens is 318 g/mol. The molecule has 0 spiro atoms. The molecule has 1 atom stereocenters. The van der Waals surface area contributed by atoms with E-state index in [-0.39, 0.29) is 17.4 Å². The number of carbonyl (C=O) groups is 1. The number of sulfonamides is 1. The minimum atomic E-state index is -3.83. The van der Waals surface area contributed by atoms with E-state index in [1.165, 1.54) is 10.9 Å². The van der Waals surface area contributed by atoms with E-state index < -0.39 is 22.0 Å². The summed E-state index contributed by atoms with van der Waals surface area (Å²) < 4.78 is 28.9. The van der Waals surface area contributed by atoms with Crippen LogP contribution >= 0.6 is 0 Å². The molecule has 2 fully saturated rings. The molecule has 23 heavy (non-hydrogen) atoms. The standard InChI is InChI=1S/C15H23N3O4S/c1-17-10-13(14(16-17)11-6-2-3-7-11)23(21,22)18-9-5-4-8-12(18)15(19)20/h10-12H,2-9H2,1H3,(H,19,20). The van der Waals surface area contributed by atoms with Crippen molar-refractivity contribution in [2.24, 2.45) is 7.05 Å². The van der Waals surface area contributed by atoms with Crippen LogP contribution in [0.1, 0.15) is 56.6 Å². The molecule has 0 bridgehead atoms. The highest BCUT2D eigenvalue weighted by Crippen LogP contribution is 2.38. The molecule has 2 aliphatic rings. The van der Waals surface area contributed by atoms with Crippen LogP contribution in [-0.4, -0.2) is 46.2 Å². The number of aliphatic carboxylic acids is 1. The normalized spacial score (nSPS) is 24.1. The molecule has 8 heteroatoms. The van der Waals surface area contributed by atoms with Crippen LogP contribution in [0, 0.1) is 0 Å². The zero-order valence-electron chi connectivity index (χ0n) is 13.3. The van der Waals surface area contributed by atoms with Gasteiger partial charge in [0.25, 0.3) is 0 Å². The number of nitrogens with zero attached hydrogens (tertiary/aromatic N) is 3. The fraction of sp³-hybridized carbons (Fsp3) is 0.733. The van der Waals surface area contributed by atoms with Crippen LogP contribution in [0.4, 0.5) is 0 Å². The third-order valence-corrected chi connectivity index (χ3v) is 6.81. The second-order valence-electron chi connectivity index (χ2n) is 6.50. The second-order valence-corrected chi connectivity index (χ2v) is 8.36. The van der Waals surface area contributed by atoms with Crippen LogP contribution < -0.4 is 0 Å². The molecular formula is C15H23N3O4S. The van der Waals surface area contributed by atoms with Crippen molar-refractivity contribution in [2.75, 3.05) is 6.54 Å². The fourth-order valence-electron chi connectivity index (χ4n) is 3.73. The first-order chi connectivity index (χ1) is 10.9. The van der Waals surface area contributed by atoms with Crippen LogP contribution in [0.5, 0.6) is 0 Å². The molecule has 1 N–H and O–H groups in total. The number of aryl methyl sites for hydroxylation is 1. The molecule has 1 aliphatic heterocycles. The first-order valence-electron chi connectivity index (χ1n) is 8.19. The van der Waals surface area contributed by atoms with Crippen molar-refractivity contribution in [2.45, 2.75) is 61.8 Å². The third kappa shape index (κ3) is 3.01. The molecule has 1 aromatic rings. The SMILES string of the molecule is Cn1cc(S(=O)(=O)N2CCCCC2C(=O)O)c(C2CCCC2)n1. The number of rotatable bonds is 4. The first-order valence-corrected chi connectivity index (χ1v) is 9.63. The summed E-state index contributed by atoms with van der Waals surface area (Å²) in [4.78, 5) is 11.7. The van der Waals surface area contributed by atoms with Crippen LogP contribution in [0.25, 0.3) is 0 Å². The van der Waals surface area contributed by atoms with Gasteiger partial charge in [-0.2, -0.15) is 9.40 Å². The molecule has 2 heterocycles. The predicted octanol–water partition coefficient (Wildman–Crippen LogP) is 1.71. The maximum atomic E-state index is 13.1. The molecule has 1 aliphatic carbocycles. The van der Waals surface area contributed by atoms with Gasteiger partial charge in [0.1, 0.15) is 10.9 Å². The summed E-state index contributed by atoms with van der Waals surface area (Å²) in [6.45, 7) is 0.262. The largest absolute Gasteiger partial charge is 0.480 e. The maximum Gasteiger partial charge on any atom is 0.322 e. The maximum absolute atomic E-state index is 13.1. The van der Waals surface area contributed by atoms with Crippen LogP contribution in [0.3, 0.4) is 0 Å². The zero-order chi connectivity index (χ0) is 16.6. The summed E-state index contributed by atoms with van der Waals surface area (Å²) in [6.07, 6.45) is 7.39. The van der Waals surface area contributed by atoms with E-state index in [2.05, 4.69) is 5.10 Å². The third-order valence-electron chi connectivity index (χ3n) is 4.89. The highest BCUT2D eigenvalue weighted by molar-refractivity contribution is 7.89. The summed E-state index contributed by atoms with van der Waals surface area (Å²) >= 11 is 0. The minimum absolute atomic E-state index is 0.161. The van der Waals surface area contributed by atoms with Gasteiger partial charge < -0.3 is 5.11 Å². The van der Waals surface area contributed by atoms with Crippen LogP contribution in [-0.2, 0) is 21.9 Å². The quantitative estimate of drug-likeness (QED) is 0.900. The molecule has 1 unspecified atom stereocenters. The van der Waals surface area contributed by atoms with Crippen molar-refractivity contribution in [3.8, 4) is 0 Å². The molecule has 1 saturated heterocycles. The molecule has 0 amide bonds. The highest BCUT2D eigenvalue weighted by atomic mass is 32.2. The van der Waals surface area contributed by atoms with Crippen molar-refractivity contribution in [1.29, 1.82) is 0 Å². The molecule has 1 aromatic heterocycles. The van der Waals surface area contributed by atoms with E-state index in [1.54, 1.807) is 7.05 Å². The Balaban J connectivity index is 2.00. The van der Waals surface area contributed by atoms with E-state index >= 15 is 0 Å². The highest BCUT2D eigenvalue weighted by Gasteiger charge is 2.40. The summed E-state index contributed by atoms with van der Waals surface area (Å²) in [5.74, 6) is -0.909. The van der Waals surface area contributed by atoms with Gasteiger partial charge in [-0.15, -0.1) is 0 Å². The first kappa shape index (κ1) is 16.4. The Hall–Kier alpha value is -1.41. The fourth-order valence-corrected chi connectivity index (χ4v) is 5.64. The van der Waals surface area contributed by atoms with E-state index in [0.29, 0.717) is 18.5 Å². The zero-order valence-corrected chi connectivity index (χ0v) is 14.1. The molecule has 1 saturated carbocycles. The van der Waals surface area contributed by atoms with Gasteiger partial charge in [0.15, 0.2) is 0 Å². The Bertz CT molecular complexity index is 692. The van der Waals surface area contributed by atoms with Crippen molar-refractivity contribution < 1.29 is 18.3 Å². The lowest BCUT2D eigenvalue weighted by Crippen LogP contribution is -2.48. The Labute approximate surface area is 136 Å². The van der Waals surface area contributed by atoms with E-state index in [4.69, 9.17) is 0 Å². The van der Waals surface area contributed by atoms with Gasteiger partial charge in [-0.1, -0.05) is 12.8 Å². The summed E-state index contributed by atoms with van der Waals surface area (Å²) in [7, 11) is -2.12. The van der Waals surface area contributed by atoms with Gasteiger partial charge in [0.05, 0.1) is 5.69 Å². The summed E-state index contributed by atoms with van der Waals surface area (Å²) in [5.41, 5.74) is 0.611. The van der Waals surface area contributed by atoms with Gasteiger partial charge in [0.2, 0.25) is 10.0 Å². The average Bonchev–Trinajstić information content (AvgIpc) is 3.16. The Kier molecular flexibility index (Phi) is 4.46. The Morgan fingerprint density at radius 2 is 1.87 bits per heavy atom. The van der Waals surface area contributed by atoms with Gasteiger partial charge in [-0.25, -0.2) is 8.42 Å². The number of hydrogen-bond donors (Lipinski definition) is 1. The lowest BCUT2D eigenvalue weighted by atomic mass is 10.0. The minimum Gasteiger partial charge on any atom is -0.480 e. The number of aromatic nitrogens is 2. The Morgan fingerprint density at radius 3 is 2.52 bits per heavy atom. The predicted molar refractivity (Wildman–Crippen MR) is 83.6 cm³/mol. The van der Waals surface area contributed by atoms with E-state index in [9.17, 15) is 18.3 Å². The molecule has 0 radical (unpaired) electrons. The monoisotopic (exact) mass is 341 g/mol. The number of carboxylic acid groups (broad SMARTS) is 1. The molecule has 7 nitrogen and oxygen atoms in total. The molecule has 128 valence electrons. The van der Waals surface area contributed by atoms with Crippen molar-refractivity contribution in [1.82, 2.24) is 14.1 Å². The van der Waals surface area contributed by atoms with Crippen molar-refractivity contribution in [3.05, 3.63) is 11.9 Å². The topological polar surface area (TPSA) is 92.5 Å². The number of carboxylic acids is 1. The van der Waals surface area contributed by atoms with Gasteiger partial charge >= 0.3 is 5.97 Å². The summed E-state index contributed by atoms with van der Waals surface area (Å²) in [6, 6.07) is -0.967.